The van der Waals surface area contributed by atoms with Crippen LogP contribution in [-0.4, -0.2) is 36.0 Å². The number of fused-ring (bicyclic) bond motifs is 1. The first-order valence-electron chi connectivity index (χ1n) is 9.52. The first kappa shape index (κ1) is 23.6. The first-order valence-corrected chi connectivity index (χ1v) is 9.52. The van der Waals surface area contributed by atoms with E-state index < -0.39 is 6.61 Å². The number of halogens is 3. The summed E-state index contributed by atoms with van der Waals surface area (Å²) in [4.78, 5) is 8.29. The van der Waals surface area contributed by atoms with Crippen molar-refractivity contribution in [3.8, 4) is 22.9 Å². The summed E-state index contributed by atoms with van der Waals surface area (Å²) in [6.07, 6.45) is 5.32. The van der Waals surface area contributed by atoms with Gasteiger partial charge >= 0.3 is 6.61 Å². The molecule has 2 aromatic carbocycles. The molecular formula is C21H22F2IN5O3. The van der Waals surface area contributed by atoms with E-state index in [1.165, 1.54) is 6.07 Å². The molecule has 1 aromatic heterocycles. The molecule has 8 nitrogen and oxygen atoms in total. The van der Waals surface area contributed by atoms with E-state index in [2.05, 4.69) is 25.3 Å². The highest BCUT2D eigenvalue weighted by Gasteiger charge is 2.20. The molecule has 0 fully saturated rings. The van der Waals surface area contributed by atoms with Crippen molar-refractivity contribution in [1.29, 1.82) is 0 Å². The second kappa shape index (κ2) is 11.0. The van der Waals surface area contributed by atoms with E-state index in [1.807, 2.05) is 35.0 Å². The van der Waals surface area contributed by atoms with Crippen LogP contribution >= 0.6 is 24.0 Å². The van der Waals surface area contributed by atoms with Crippen molar-refractivity contribution >= 4 is 29.9 Å². The zero-order chi connectivity index (χ0) is 21.6. The van der Waals surface area contributed by atoms with Crippen molar-refractivity contribution in [1.82, 2.24) is 20.2 Å². The van der Waals surface area contributed by atoms with Gasteiger partial charge in [0.25, 0.3) is 0 Å². The summed E-state index contributed by atoms with van der Waals surface area (Å²) in [6.45, 7) is -2.21. The molecule has 0 spiro atoms. The van der Waals surface area contributed by atoms with E-state index in [9.17, 15) is 8.78 Å². The largest absolute Gasteiger partial charge is 0.454 e. The second-order valence-corrected chi connectivity index (χ2v) is 6.57. The maximum Gasteiger partial charge on any atom is 0.387 e. The third-order valence-electron chi connectivity index (χ3n) is 4.66. The van der Waals surface area contributed by atoms with Gasteiger partial charge in [-0.25, -0.2) is 4.98 Å². The van der Waals surface area contributed by atoms with E-state index in [-0.39, 0.29) is 43.1 Å². The number of alkyl halides is 2. The molecule has 0 atom stereocenters. The van der Waals surface area contributed by atoms with Crippen LogP contribution in [0.25, 0.3) is 5.69 Å². The van der Waals surface area contributed by atoms with Crippen LogP contribution in [0.1, 0.15) is 11.1 Å². The van der Waals surface area contributed by atoms with Gasteiger partial charge in [-0.2, -0.15) is 8.78 Å². The Balaban J connectivity index is 0.00000289. The van der Waals surface area contributed by atoms with E-state index in [4.69, 9.17) is 9.47 Å². The van der Waals surface area contributed by atoms with Gasteiger partial charge in [-0.3, -0.25) is 4.99 Å². The zero-order valence-electron chi connectivity index (χ0n) is 17.1. The molecule has 0 radical (unpaired) electrons. The SMILES string of the molecule is CN=C(NCc1cc2c(cc1OC(F)F)OCO2)NCc1ccccc1-n1ccnc1.I. The van der Waals surface area contributed by atoms with Crippen molar-refractivity contribution in [2.45, 2.75) is 19.7 Å². The highest BCUT2D eigenvalue weighted by atomic mass is 127. The Hall–Kier alpha value is -3.09. The topological polar surface area (TPSA) is 81.9 Å². The number of ether oxygens (including phenoxy) is 3. The highest BCUT2D eigenvalue weighted by molar-refractivity contribution is 14.0. The molecule has 170 valence electrons. The van der Waals surface area contributed by atoms with Crippen LogP contribution in [0.2, 0.25) is 0 Å². The number of hydrogen-bond donors (Lipinski definition) is 2. The van der Waals surface area contributed by atoms with Gasteiger partial charge < -0.3 is 29.4 Å². The average Bonchev–Trinajstić information content (AvgIpc) is 3.45. The molecular weight excluding hydrogens is 535 g/mol. The standard InChI is InChI=1S/C21H21F2N5O3.HI/c1-24-21(26-10-14-4-2-3-5-16(14)28-7-6-25-12-28)27-11-15-8-18-19(30-13-29-18)9-17(15)31-20(22)23;/h2-9,12,20H,10-11,13H2,1H3,(H2,24,26,27);1H. The van der Waals surface area contributed by atoms with E-state index in [1.54, 1.807) is 25.6 Å². The Morgan fingerprint density at radius 2 is 1.88 bits per heavy atom. The second-order valence-electron chi connectivity index (χ2n) is 6.57. The normalized spacial score (nSPS) is 12.4. The number of aromatic nitrogens is 2. The predicted octanol–water partition coefficient (Wildman–Crippen LogP) is 3.69. The van der Waals surface area contributed by atoms with Crippen molar-refractivity contribution < 1.29 is 23.0 Å². The van der Waals surface area contributed by atoms with E-state index in [0.717, 1.165) is 11.3 Å². The minimum absolute atomic E-state index is 0. The lowest BCUT2D eigenvalue weighted by atomic mass is 10.1. The third-order valence-corrected chi connectivity index (χ3v) is 4.66. The molecule has 1 aliphatic rings. The maximum atomic E-state index is 12.8. The predicted molar refractivity (Wildman–Crippen MR) is 125 cm³/mol. The van der Waals surface area contributed by atoms with Gasteiger partial charge in [0.2, 0.25) is 6.79 Å². The van der Waals surface area contributed by atoms with Crippen molar-refractivity contribution in [2.24, 2.45) is 4.99 Å². The summed E-state index contributed by atoms with van der Waals surface area (Å²) < 4.78 is 42.8. The molecule has 0 saturated carbocycles. The average molecular weight is 557 g/mol. The summed E-state index contributed by atoms with van der Waals surface area (Å²) in [5.74, 6) is 1.38. The molecule has 3 aromatic rings. The summed E-state index contributed by atoms with van der Waals surface area (Å²) in [6, 6.07) is 10.9. The molecule has 0 amide bonds. The Kier molecular flexibility index (Phi) is 8.09. The third kappa shape index (κ3) is 5.58. The van der Waals surface area contributed by atoms with Crippen LogP contribution in [0.3, 0.4) is 0 Å². The number of imidazole rings is 1. The lowest BCUT2D eigenvalue weighted by Gasteiger charge is -2.16. The number of benzene rings is 2. The van der Waals surface area contributed by atoms with Crippen molar-refractivity contribution in [3.63, 3.8) is 0 Å². The van der Waals surface area contributed by atoms with Crippen molar-refractivity contribution in [3.05, 3.63) is 66.2 Å². The van der Waals surface area contributed by atoms with Crippen molar-refractivity contribution in [2.75, 3.05) is 13.8 Å². The fraction of sp³-hybridized carbons (Fsp3) is 0.238. The van der Waals surface area contributed by atoms with Gasteiger partial charge in [0.05, 0.1) is 12.0 Å². The van der Waals surface area contributed by atoms with Gasteiger partial charge in [-0.1, -0.05) is 18.2 Å². The summed E-state index contributed by atoms with van der Waals surface area (Å²) >= 11 is 0. The molecule has 4 rings (SSSR count). The number of guanidine groups is 1. The number of para-hydroxylation sites is 1. The van der Waals surface area contributed by atoms with Gasteiger partial charge in [0.1, 0.15) is 5.75 Å². The number of hydrogen-bond acceptors (Lipinski definition) is 5. The first-order chi connectivity index (χ1) is 15.1. The Bertz CT molecular complexity index is 1060. The monoisotopic (exact) mass is 557 g/mol. The van der Waals surface area contributed by atoms with Crippen LogP contribution in [0, 0.1) is 0 Å². The lowest BCUT2D eigenvalue weighted by molar-refractivity contribution is -0.0505. The molecule has 2 heterocycles. The van der Waals surface area contributed by atoms with Crippen LogP contribution in [-0.2, 0) is 13.1 Å². The van der Waals surface area contributed by atoms with Crippen LogP contribution in [0.4, 0.5) is 8.78 Å². The smallest absolute Gasteiger partial charge is 0.387 e. The summed E-state index contributed by atoms with van der Waals surface area (Å²) in [7, 11) is 1.63. The fourth-order valence-electron chi connectivity index (χ4n) is 3.20. The fourth-order valence-corrected chi connectivity index (χ4v) is 3.20. The molecule has 0 unspecified atom stereocenters. The van der Waals surface area contributed by atoms with E-state index >= 15 is 0 Å². The Morgan fingerprint density at radius 1 is 1.16 bits per heavy atom. The molecule has 11 heteroatoms. The summed E-state index contributed by atoms with van der Waals surface area (Å²) in [5.41, 5.74) is 2.52. The number of aliphatic imine (C=N–C) groups is 1. The number of nitrogens with one attached hydrogen (secondary N) is 2. The molecule has 1 aliphatic heterocycles. The van der Waals surface area contributed by atoms with Crippen LogP contribution < -0.4 is 24.8 Å². The molecule has 32 heavy (non-hydrogen) atoms. The van der Waals surface area contributed by atoms with Crippen LogP contribution in [0.15, 0.2) is 60.1 Å². The number of nitrogens with zero attached hydrogens (tertiary/aromatic N) is 3. The lowest BCUT2D eigenvalue weighted by Crippen LogP contribution is -2.36. The van der Waals surface area contributed by atoms with Gasteiger partial charge in [0, 0.05) is 44.2 Å². The molecule has 0 bridgehead atoms. The Labute approximate surface area is 200 Å². The molecule has 2 N–H and O–H groups in total. The van der Waals surface area contributed by atoms with E-state index in [0.29, 0.717) is 29.6 Å². The highest BCUT2D eigenvalue weighted by Crippen LogP contribution is 2.38. The maximum absolute atomic E-state index is 12.8. The van der Waals surface area contributed by atoms with Crippen LogP contribution in [0.5, 0.6) is 17.2 Å². The Morgan fingerprint density at radius 3 is 2.56 bits per heavy atom. The minimum atomic E-state index is -2.95. The molecule has 0 aliphatic carbocycles. The van der Waals surface area contributed by atoms with Gasteiger partial charge in [-0.05, 0) is 17.7 Å². The summed E-state index contributed by atoms with van der Waals surface area (Å²) in [5, 5.41) is 6.34. The molecule has 0 saturated heterocycles. The zero-order valence-corrected chi connectivity index (χ0v) is 19.5. The number of rotatable bonds is 7. The minimum Gasteiger partial charge on any atom is -0.454 e. The van der Waals surface area contributed by atoms with Gasteiger partial charge in [-0.15, -0.1) is 24.0 Å². The van der Waals surface area contributed by atoms with Gasteiger partial charge in [0.15, 0.2) is 17.5 Å². The quantitative estimate of drug-likeness (QED) is 0.262.